The molecule has 3 atom stereocenters. The lowest BCUT2D eigenvalue weighted by Gasteiger charge is -2.44. The van der Waals surface area contributed by atoms with Crippen molar-refractivity contribution in [1.82, 2.24) is 4.90 Å². The highest BCUT2D eigenvalue weighted by molar-refractivity contribution is 5.73. The zero-order valence-corrected chi connectivity index (χ0v) is 19.6. The van der Waals surface area contributed by atoms with Crippen LogP contribution in [-0.2, 0) is 14.9 Å². The molecule has 0 bridgehead atoms. The Morgan fingerprint density at radius 3 is 2.45 bits per heavy atom. The summed E-state index contributed by atoms with van der Waals surface area (Å²) in [5.74, 6) is 1.48. The van der Waals surface area contributed by atoms with Crippen LogP contribution < -0.4 is 4.74 Å². The topological polar surface area (TPSA) is 38.8 Å². The molecule has 0 radical (unpaired) electrons. The van der Waals surface area contributed by atoms with Crippen molar-refractivity contribution < 1.29 is 14.3 Å². The molecule has 1 saturated heterocycles. The Bertz CT molecular complexity index is 851. The molecule has 0 saturated carbocycles. The van der Waals surface area contributed by atoms with Gasteiger partial charge in [0.25, 0.3) is 0 Å². The molecule has 4 heteroatoms. The highest BCUT2D eigenvalue weighted by atomic mass is 16.5. The number of carbonyl (C=O) groups excluding carboxylic acids is 1. The molecule has 0 unspecified atom stereocenters. The number of amides is 1. The summed E-state index contributed by atoms with van der Waals surface area (Å²) >= 11 is 0. The first-order chi connectivity index (χ1) is 14.9. The first-order valence-electron chi connectivity index (χ1n) is 11.4. The van der Waals surface area contributed by atoms with Crippen molar-refractivity contribution in [2.75, 3.05) is 20.3 Å². The summed E-state index contributed by atoms with van der Waals surface area (Å²) in [6.45, 7) is 9.68. The fourth-order valence-electron chi connectivity index (χ4n) is 4.94. The van der Waals surface area contributed by atoms with Gasteiger partial charge in [-0.15, -0.1) is 0 Å². The molecule has 1 heterocycles. The Morgan fingerprint density at radius 2 is 1.81 bits per heavy atom. The van der Waals surface area contributed by atoms with E-state index in [1.165, 1.54) is 5.56 Å². The van der Waals surface area contributed by atoms with E-state index in [4.69, 9.17) is 9.47 Å². The van der Waals surface area contributed by atoms with E-state index in [2.05, 4.69) is 45.0 Å². The second-order valence-electron chi connectivity index (χ2n) is 9.14. The fourth-order valence-corrected chi connectivity index (χ4v) is 4.94. The van der Waals surface area contributed by atoms with Crippen LogP contribution in [0, 0.1) is 5.92 Å². The molecule has 1 fully saturated rings. The minimum atomic E-state index is -0.0795. The molecule has 0 N–H and O–H groups in total. The van der Waals surface area contributed by atoms with Crippen molar-refractivity contribution in [3.63, 3.8) is 0 Å². The van der Waals surface area contributed by atoms with Gasteiger partial charge < -0.3 is 14.4 Å². The summed E-state index contributed by atoms with van der Waals surface area (Å²) in [4.78, 5) is 14.7. The van der Waals surface area contributed by atoms with Crippen LogP contribution in [0.2, 0.25) is 0 Å². The van der Waals surface area contributed by atoms with Crippen LogP contribution in [0.25, 0.3) is 0 Å². The van der Waals surface area contributed by atoms with Crippen molar-refractivity contribution in [3.05, 3.63) is 65.7 Å². The van der Waals surface area contributed by atoms with Gasteiger partial charge in [0.2, 0.25) is 5.91 Å². The zero-order chi connectivity index (χ0) is 22.4. The molecule has 0 aromatic heterocycles. The second-order valence-corrected chi connectivity index (χ2v) is 9.14. The minimum absolute atomic E-state index is 0.0363. The summed E-state index contributed by atoms with van der Waals surface area (Å²) in [6.07, 6.45) is 2.96. The van der Waals surface area contributed by atoms with Gasteiger partial charge in [0.05, 0.1) is 19.3 Å². The molecule has 1 amide bonds. The number of rotatable bonds is 8. The Hall–Kier alpha value is -2.33. The number of methoxy groups -OCH3 is 1. The van der Waals surface area contributed by atoms with Gasteiger partial charge >= 0.3 is 0 Å². The number of ether oxygens (including phenoxy) is 2. The van der Waals surface area contributed by atoms with E-state index >= 15 is 0 Å². The van der Waals surface area contributed by atoms with Gasteiger partial charge in [-0.2, -0.15) is 0 Å². The maximum atomic E-state index is 12.6. The summed E-state index contributed by atoms with van der Waals surface area (Å²) in [5.41, 5.74) is 2.32. The van der Waals surface area contributed by atoms with Gasteiger partial charge in [-0.05, 0) is 43.7 Å². The maximum Gasteiger partial charge on any atom is 0.219 e. The van der Waals surface area contributed by atoms with Gasteiger partial charge in [0.1, 0.15) is 5.75 Å². The van der Waals surface area contributed by atoms with E-state index in [1.54, 1.807) is 14.0 Å². The quantitative estimate of drug-likeness (QED) is 0.541. The lowest BCUT2D eigenvalue weighted by atomic mass is 9.68. The van der Waals surface area contributed by atoms with Crippen molar-refractivity contribution in [2.24, 2.45) is 5.92 Å². The Balaban J connectivity index is 1.92. The van der Waals surface area contributed by atoms with Crippen molar-refractivity contribution in [3.8, 4) is 5.75 Å². The van der Waals surface area contributed by atoms with Gasteiger partial charge in [-0.1, -0.05) is 62.4 Å². The molecule has 2 aromatic carbocycles. The number of para-hydroxylation sites is 1. The summed E-state index contributed by atoms with van der Waals surface area (Å²) < 4.78 is 11.9. The van der Waals surface area contributed by atoms with E-state index in [9.17, 15) is 4.79 Å². The van der Waals surface area contributed by atoms with Crippen LogP contribution in [0.3, 0.4) is 0 Å². The largest absolute Gasteiger partial charge is 0.496 e. The third-order valence-electron chi connectivity index (χ3n) is 6.91. The van der Waals surface area contributed by atoms with Gasteiger partial charge in [0, 0.05) is 31.1 Å². The van der Waals surface area contributed by atoms with E-state index in [0.29, 0.717) is 12.5 Å². The smallest absolute Gasteiger partial charge is 0.219 e. The van der Waals surface area contributed by atoms with E-state index in [-0.39, 0.29) is 23.5 Å². The number of benzene rings is 2. The highest BCUT2D eigenvalue weighted by Crippen LogP contribution is 2.45. The van der Waals surface area contributed by atoms with Crippen molar-refractivity contribution in [1.29, 1.82) is 0 Å². The molecule has 0 spiro atoms. The van der Waals surface area contributed by atoms with Crippen molar-refractivity contribution in [2.45, 2.75) is 64.5 Å². The minimum Gasteiger partial charge on any atom is -0.496 e. The Morgan fingerprint density at radius 1 is 1.13 bits per heavy atom. The van der Waals surface area contributed by atoms with Crippen LogP contribution in [0.15, 0.2) is 54.6 Å². The average Bonchev–Trinajstić information content (AvgIpc) is 2.79. The molecular formula is C27H37NO3. The van der Waals surface area contributed by atoms with Gasteiger partial charge in [-0.3, -0.25) is 4.79 Å². The first kappa shape index (κ1) is 23.3. The SMILES string of the molecule is COc1ccccc1[C@]1(CCN(C(C)=O)[C@@H](C)c2ccccc2)CCO[C@H](C(C)C)C1. The Labute approximate surface area is 187 Å². The molecule has 4 nitrogen and oxygen atoms in total. The van der Waals surface area contributed by atoms with E-state index in [1.807, 2.05) is 35.2 Å². The number of hydrogen-bond donors (Lipinski definition) is 0. The van der Waals surface area contributed by atoms with Gasteiger partial charge in [-0.25, -0.2) is 0 Å². The molecule has 1 aliphatic rings. The summed E-state index contributed by atoms with van der Waals surface area (Å²) in [6, 6.07) is 18.7. The normalized spacial score (nSPS) is 22.2. The molecule has 31 heavy (non-hydrogen) atoms. The zero-order valence-electron chi connectivity index (χ0n) is 19.6. The van der Waals surface area contributed by atoms with Gasteiger partial charge in [0.15, 0.2) is 0 Å². The number of nitrogens with zero attached hydrogens (tertiary/aromatic N) is 1. The van der Waals surface area contributed by atoms with Crippen molar-refractivity contribution >= 4 is 5.91 Å². The third-order valence-corrected chi connectivity index (χ3v) is 6.91. The predicted molar refractivity (Wildman–Crippen MR) is 125 cm³/mol. The van der Waals surface area contributed by atoms with Crippen LogP contribution in [0.4, 0.5) is 0 Å². The van der Waals surface area contributed by atoms with E-state index < -0.39 is 0 Å². The van der Waals surface area contributed by atoms with Crippen LogP contribution in [-0.4, -0.2) is 37.2 Å². The monoisotopic (exact) mass is 423 g/mol. The van der Waals surface area contributed by atoms with Crippen LogP contribution in [0.1, 0.15) is 64.1 Å². The molecule has 3 rings (SSSR count). The molecule has 1 aliphatic heterocycles. The number of hydrogen-bond acceptors (Lipinski definition) is 3. The fraction of sp³-hybridized carbons (Fsp3) is 0.519. The molecular weight excluding hydrogens is 386 g/mol. The second kappa shape index (κ2) is 10.3. The lowest BCUT2D eigenvalue weighted by Crippen LogP contribution is -2.44. The average molecular weight is 424 g/mol. The lowest BCUT2D eigenvalue weighted by molar-refractivity contribution is -0.131. The Kier molecular flexibility index (Phi) is 7.77. The first-order valence-corrected chi connectivity index (χ1v) is 11.4. The standard InChI is InChI=1S/C27H37NO3/c1-20(2)26-19-27(16-18-31-26,24-13-9-10-14-25(24)30-5)15-17-28(22(4)29)21(3)23-11-7-6-8-12-23/h6-14,20-21,26H,15-19H2,1-5H3/t21-,26-,27+/m0/s1. The molecule has 2 aromatic rings. The van der Waals surface area contributed by atoms with E-state index in [0.717, 1.165) is 37.2 Å². The third kappa shape index (κ3) is 5.30. The number of carbonyl (C=O) groups is 1. The molecule has 0 aliphatic carbocycles. The molecule has 168 valence electrons. The predicted octanol–water partition coefficient (Wildman–Crippen LogP) is 5.77. The highest BCUT2D eigenvalue weighted by Gasteiger charge is 2.41. The maximum absolute atomic E-state index is 12.6. The summed E-state index contributed by atoms with van der Waals surface area (Å²) in [5, 5.41) is 0. The van der Waals surface area contributed by atoms with Crippen LogP contribution in [0.5, 0.6) is 5.75 Å². The van der Waals surface area contributed by atoms with Crippen LogP contribution >= 0.6 is 0 Å². The summed E-state index contributed by atoms with van der Waals surface area (Å²) in [7, 11) is 1.74.